The summed E-state index contributed by atoms with van der Waals surface area (Å²) in [6.45, 7) is 0. The Morgan fingerprint density at radius 1 is 1.36 bits per heavy atom. The first kappa shape index (κ1) is 8.91. The Labute approximate surface area is 76.7 Å². The molecule has 0 spiro atoms. The van der Waals surface area contributed by atoms with E-state index < -0.39 is 0 Å². The molecule has 0 radical (unpaired) electrons. The van der Waals surface area contributed by atoms with E-state index in [9.17, 15) is 0 Å². The average molecular weight is 189 g/mol. The van der Waals surface area contributed by atoms with Crippen molar-refractivity contribution in [1.82, 2.24) is 0 Å². The lowest BCUT2D eigenvalue weighted by Gasteiger charge is -2.07. The summed E-state index contributed by atoms with van der Waals surface area (Å²) in [5.41, 5.74) is 0.854. The zero-order valence-corrected chi connectivity index (χ0v) is 7.77. The van der Waals surface area contributed by atoms with Gasteiger partial charge in [0.05, 0.1) is 0 Å². The van der Waals surface area contributed by atoms with Crippen molar-refractivity contribution in [3.63, 3.8) is 0 Å². The maximum Gasteiger partial charge on any atom is 0.125 e. The Bertz CT molecular complexity index is 222. The lowest BCUT2D eigenvalue weighted by Crippen LogP contribution is -1.91. The van der Waals surface area contributed by atoms with Crippen LogP contribution in [-0.4, -0.2) is 7.11 Å². The topological polar surface area (TPSA) is 9.23 Å². The van der Waals surface area contributed by atoms with Crippen molar-refractivity contribution < 1.29 is 4.74 Å². The van der Waals surface area contributed by atoms with Gasteiger partial charge in [-0.2, -0.15) is 0 Å². The lowest BCUT2D eigenvalue weighted by atomic mass is 10.2. The molecule has 11 heavy (non-hydrogen) atoms. The van der Waals surface area contributed by atoms with E-state index in [0.29, 0.717) is 0 Å². The molecule has 1 unspecified atom stereocenters. The molecular formula is C8H9ClOS. The molecule has 60 valence electrons. The molecule has 3 heteroatoms. The second-order valence-corrected chi connectivity index (χ2v) is 3.05. The number of hydrogen-bond donors (Lipinski definition) is 1. The maximum atomic E-state index is 5.69. The average Bonchev–Trinajstić information content (AvgIpc) is 2.05. The zero-order valence-electron chi connectivity index (χ0n) is 6.12. The number of thiol groups is 1. The third-order valence-electron chi connectivity index (χ3n) is 1.38. The van der Waals surface area contributed by atoms with E-state index >= 15 is 0 Å². The Kier molecular flexibility index (Phi) is 3.24. The minimum Gasteiger partial charge on any atom is -0.366 e. The molecule has 1 aromatic carbocycles. The van der Waals surface area contributed by atoms with Crippen LogP contribution >= 0.6 is 24.2 Å². The van der Waals surface area contributed by atoms with E-state index in [0.717, 1.165) is 10.6 Å². The molecule has 0 heterocycles. The van der Waals surface area contributed by atoms with Crippen molar-refractivity contribution >= 4 is 24.2 Å². The van der Waals surface area contributed by atoms with Gasteiger partial charge in [-0.1, -0.05) is 23.7 Å². The predicted octanol–water partition coefficient (Wildman–Crippen LogP) is 2.91. The van der Waals surface area contributed by atoms with Gasteiger partial charge >= 0.3 is 0 Å². The molecule has 0 aliphatic carbocycles. The first-order valence-electron chi connectivity index (χ1n) is 3.20. The smallest absolute Gasteiger partial charge is 0.125 e. The summed E-state index contributed by atoms with van der Waals surface area (Å²) >= 11 is 9.88. The Balaban J connectivity index is 2.81. The molecule has 0 aromatic heterocycles. The number of benzene rings is 1. The second kappa shape index (κ2) is 4.00. The molecule has 1 atom stereocenters. The highest BCUT2D eigenvalue weighted by molar-refractivity contribution is 7.80. The van der Waals surface area contributed by atoms with Gasteiger partial charge in [0.1, 0.15) is 5.44 Å². The summed E-state index contributed by atoms with van der Waals surface area (Å²) < 4.78 is 5.00. The van der Waals surface area contributed by atoms with Crippen LogP contribution in [0.25, 0.3) is 0 Å². The molecule has 1 aromatic rings. The Morgan fingerprint density at radius 2 is 1.91 bits per heavy atom. The highest BCUT2D eigenvalue weighted by Crippen LogP contribution is 2.21. The minimum atomic E-state index is -0.160. The zero-order chi connectivity index (χ0) is 8.27. The molecule has 1 rings (SSSR count). The Hall–Kier alpha value is -0.180. The molecule has 1 nitrogen and oxygen atoms in total. The summed E-state index contributed by atoms with van der Waals surface area (Å²) in [5.74, 6) is 0. The number of rotatable bonds is 2. The summed E-state index contributed by atoms with van der Waals surface area (Å²) in [5, 5.41) is 0.727. The second-order valence-electron chi connectivity index (χ2n) is 2.14. The third kappa shape index (κ3) is 2.40. The van der Waals surface area contributed by atoms with E-state index in [1.165, 1.54) is 0 Å². The van der Waals surface area contributed by atoms with Crippen LogP contribution in [0.4, 0.5) is 0 Å². The van der Waals surface area contributed by atoms with E-state index in [2.05, 4.69) is 12.6 Å². The number of hydrogen-bond acceptors (Lipinski definition) is 2. The van der Waals surface area contributed by atoms with Crippen molar-refractivity contribution in [1.29, 1.82) is 0 Å². The SMILES string of the molecule is COC(S)c1ccc(Cl)cc1. The quantitative estimate of drug-likeness (QED) is 0.555. The number of ether oxygens (including phenoxy) is 1. The van der Waals surface area contributed by atoms with Crippen molar-refractivity contribution in [3.05, 3.63) is 34.9 Å². The summed E-state index contributed by atoms with van der Waals surface area (Å²) in [4.78, 5) is 0. The maximum absolute atomic E-state index is 5.69. The molecule has 0 aliphatic heterocycles. The molecule has 0 aliphatic rings. The predicted molar refractivity (Wildman–Crippen MR) is 50.2 cm³/mol. The minimum absolute atomic E-state index is 0.160. The van der Waals surface area contributed by atoms with Crippen LogP contribution in [0.1, 0.15) is 11.0 Å². The molecule has 0 saturated carbocycles. The normalized spacial score (nSPS) is 13.0. The fourth-order valence-corrected chi connectivity index (χ4v) is 1.06. The molecular weight excluding hydrogens is 180 g/mol. The first-order chi connectivity index (χ1) is 5.24. The summed E-state index contributed by atoms with van der Waals surface area (Å²) in [6.07, 6.45) is 0. The van der Waals surface area contributed by atoms with Gasteiger partial charge in [-0.25, -0.2) is 0 Å². The van der Waals surface area contributed by atoms with Gasteiger partial charge in [-0.05, 0) is 17.7 Å². The third-order valence-corrected chi connectivity index (χ3v) is 2.14. The highest BCUT2D eigenvalue weighted by atomic mass is 35.5. The van der Waals surface area contributed by atoms with E-state index in [4.69, 9.17) is 16.3 Å². The summed E-state index contributed by atoms with van der Waals surface area (Å²) in [7, 11) is 1.62. The van der Waals surface area contributed by atoms with Crippen molar-refractivity contribution in [2.45, 2.75) is 5.44 Å². The first-order valence-corrected chi connectivity index (χ1v) is 4.10. The van der Waals surface area contributed by atoms with E-state index in [-0.39, 0.29) is 5.44 Å². The molecule has 0 bridgehead atoms. The van der Waals surface area contributed by atoms with Crippen LogP contribution in [0.2, 0.25) is 5.02 Å². The van der Waals surface area contributed by atoms with Gasteiger partial charge in [0.25, 0.3) is 0 Å². The van der Waals surface area contributed by atoms with Gasteiger partial charge < -0.3 is 4.74 Å². The van der Waals surface area contributed by atoms with Crippen LogP contribution in [0.15, 0.2) is 24.3 Å². The fourth-order valence-electron chi connectivity index (χ4n) is 0.763. The molecule has 0 amide bonds. The van der Waals surface area contributed by atoms with Crippen molar-refractivity contribution in [2.24, 2.45) is 0 Å². The van der Waals surface area contributed by atoms with E-state index in [1.54, 1.807) is 7.11 Å². The van der Waals surface area contributed by atoms with E-state index in [1.807, 2.05) is 24.3 Å². The Morgan fingerprint density at radius 3 is 2.36 bits per heavy atom. The van der Waals surface area contributed by atoms with Crippen molar-refractivity contribution in [3.8, 4) is 0 Å². The van der Waals surface area contributed by atoms with Crippen LogP contribution in [-0.2, 0) is 4.74 Å². The van der Waals surface area contributed by atoms with Crippen LogP contribution < -0.4 is 0 Å². The van der Waals surface area contributed by atoms with Gasteiger partial charge in [-0.15, -0.1) is 12.6 Å². The number of halogens is 1. The van der Waals surface area contributed by atoms with Gasteiger partial charge in [0, 0.05) is 12.1 Å². The van der Waals surface area contributed by atoms with Gasteiger partial charge in [0.2, 0.25) is 0 Å². The van der Waals surface area contributed by atoms with Crippen molar-refractivity contribution in [2.75, 3.05) is 7.11 Å². The van der Waals surface area contributed by atoms with Gasteiger partial charge in [-0.3, -0.25) is 0 Å². The lowest BCUT2D eigenvalue weighted by molar-refractivity contribution is 0.177. The monoisotopic (exact) mass is 188 g/mol. The largest absolute Gasteiger partial charge is 0.366 e. The molecule has 0 N–H and O–H groups in total. The summed E-state index contributed by atoms with van der Waals surface area (Å²) in [6, 6.07) is 7.42. The highest BCUT2D eigenvalue weighted by Gasteiger charge is 2.02. The molecule has 0 fully saturated rings. The molecule has 0 saturated heterocycles. The van der Waals surface area contributed by atoms with Crippen LogP contribution in [0, 0.1) is 0 Å². The fraction of sp³-hybridized carbons (Fsp3) is 0.250. The van der Waals surface area contributed by atoms with Gasteiger partial charge in [0.15, 0.2) is 0 Å². The van der Waals surface area contributed by atoms with Crippen LogP contribution in [0.3, 0.4) is 0 Å². The standard InChI is InChI=1S/C8H9ClOS/c1-10-8(11)6-2-4-7(9)5-3-6/h2-5,8,11H,1H3. The van der Waals surface area contributed by atoms with Crippen LogP contribution in [0.5, 0.6) is 0 Å². The number of methoxy groups -OCH3 is 1.